The Morgan fingerprint density at radius 1 is 0.639 bits per heavy atom. The molecule has 0 aromatic rings. The number of hydrogen-bond acceptors (Lipinski definition) is 4. The third-order valence-corrected chi connectivity index (χ3v) is 2.33. The van der Waals surface area contributed by atoms with Crippen LogP contribution >= 0.6 is 146 Å². The molecule has 18 heteroatoms. The molecule has 1 aliphatic rings. The summed E-state index contributed by atoms with van der Waals surface area (Å²) in [6.07, 6.45) is 0. The number of carbonyl (C=O) groups excluding carboxylic acids is 2. The number of rotatable bonds is 3. The minimum atomic E-state index is -1.33. The predicted molar refractivity (Wildman–Crippen MR) is 179 cm³/mol. The van der Waals surface area contributed by atoms with Crippen LogP contribution in [0.3, 0.4) is 0 Å². The van der Waals surface area contributed by atoms with Crippen LogP contribution < -0.4 is 0 Å². The fraction of sp³-hybridized carbons (Fsp3) is 0.778. The van der Waals surface area contributed by atoms with E-state index in [9.17, 15) is 4.79 Å². The monoisotopic (exact) mass is 835 g/mol. The van der Waals surface area contributed by atoms with Crippen molar-refractivity contribution in [1.29, 1.82) is 0 Å². The molecule has 1 aliphatic heterocycles. The maximum atomic E-state index is 9.45. The molecule has 36 heavy (non-hydrogen) atoms. The second-order valence-corrected chi connectivity index (χ2v) is 12.0. The molecule has 4 nitrogen and oxygen atoms in total. The van der Waals surface area contributed by atoms with E-state index in [1.807, 2.05) is 0 Å². The quantitative estimate of drug-likeness (QED) is 0.123. The van der Waals surface area contributed by atoms with Crippen LogP contribution in [-0.2, 0) is 25.7 Å². The van der Waals surface area contributed by atoms with Gasteiger partial charge in [-0.1, -0.05) is 70.2 Å². The molecule has 1 rings (SSSR count). The van der Waals surface area contributed by atoms with Gasteiger partial charge < -0.3 is 0 Å². The summed E-state index contributed by atoms with van der Waals surface area (Å²) in [5, 5.41) is 0.179. The average molecular weight is 841 g/mol. The maximum absolute atomic E-state index is 9.45. The van der Waals surface area contributed by atoms with Gasteiger partial charge in [0.25, 0.3) is 0 Å². The van der Waals surface area contributed by atoms with E-state index in [0.29, 0.717) is 22.7 Å². The summed E-state index contributed by atoms with van der Waals surface area (Å²) in [5.74, 6) is 1.37. The SMILES string of the molecule is C.C.C.C.C.C.C.C1COO1.C=C(Cl)CCl.ClCCCl.ClCCl.O=C(Cl)CCl.O=C(Cl)Cl.[Cl][Fe]([Cl])[Cl]. The average Bonchev–Trinajstić information content (AvgIpc) is 2.53. The Kier molecular flexibility index (Phi) is 209. The van der Waals surface area contributed by atoms with E-state index in [-0.39, 0.29) is 63.2 Å². The first kappa shape index (κ1) is 83.3. The molecule has 0 N–H and O–H groups in total. The van der Waals surface area contributed by atoms with Gasteiger partial charge in [0.2, 0.25) is 5.24 Å². The van der Waals surface area contributed by atoms with Gasteiger partial charge in [0.05, 0.1) is 17.1 Å². The molecule has 0 radical (unpaired) electrons. The van der Waals surface area contributed by atoms with Crippen molar-refractivity contribution in [3.8, 4) is 0 Å². The Morgan fingerprint density at radius 2 is 0.750 bits per heavy atom. The predicted octanol–water partition coefficient (Wildman–Crippen LogP) is 13.9. The fourth-order valence-electron chi connectivity index (χ4n) is 0.0833. The molecular weight excluding hydrogens is 797 g/mol. The van der Waals surface area contributed by atoms with E-state index >= 15 is 0 Å². The normalized spacial score (nSPS) is 8.08. The van der Waals surface area contributed by atoms with E-state index < -0.39 is 21.1 Å². The van der Waals surface area contributed by atoms with E-state index in [2.05, 4.69) is 39.6 Å². The second kappa shape index (κ2) is 90.2. The molecule has 0 spiro atoms. The number of carbonyl (C=O) groups is 2. The van der Waals surface area contributed by atoms with Crippen molar-refractivity contribution in [1.82, 2.24) is 0 Å². The number of allylic oxidation sites excluding steroid dienone is 1. The van der Waals surface area contributed by atoms with Crippen molar-refractivity contribution < 1.29 is 30.5 Å². The van der Waals surface area contributed by atoms with Crippen molar-refractivity contribution in [3.05, 3.63) is 11.6 Å². The van der Waals surface area contributed by atoms with Gasteiger partial charge in [-0.2, -0.15) is 0 Å². The molecule has 0 aromatic carbocycles. The first-order valence-electron chi connectivity index (χ1n) is 5.97. The number of halogens is 13. The van der Waals surface area contributed by atoms with E-state index in [1.165, 1.54) is 0 Å². The van der Waals surface area contributed by atoms with Gasteiger partial charge in [-0.15, -0.1) is 69.6 Å². The first-order valence-corrected chi connectivity index (χ1v) is 15.3. The minimum absolute atomic E-state index is 0. The van der Waals surface area contributed by atoms with Crippen LogP contribution in [0.2, 0.25) is 0 Å². The Morgan fingerprint density at radius 3 is 0.750 bits per heavy atom. The summed E-state index contributed by atoms with van der Waals surface area (Å²) < 4.78 is -0.889. The zero-order valence-electron chi connectivity index (χ0n) is 14.1. The third-order valence-electron chi connectivity index (χ3n) is 0.655. The van der Waals surface area contributed by atoms with Crippen LogP contribution in [0.1, 0.15) is 52.0 Å². The fourth-order valence-corrected chi connectivity index (χ4v) is 0.0833. The van der Waals surface area contributed by atoms with Crippen LogP contribution in [-0.4, -0.2) is 52.0 Å². The first-order chi connectivity index (χ1) is 13.3. The molecule has 239 valence electrons. The molecular formula is C18H44Cl13FeO4. The second-order valence-electron chi connectivity index (χ2n) is 2.64. The van der Waals surface area contributed by atoms with Crippen molar-refractivity contribution in [2.75, 3.05) is 42.1 Å². The molecule has 1 fully saturated rings. The molecule has 0 atom stereocenters. The summed E-state index contributed by atoms with van der Waals surface area (Å²) in [5.41, 5.74) is 0. The summed E-state index contributed by atoms with van der Waals surface area (Å²) in [7, 11) is 14.7. The summed E-state index contributed by atoms with van der Waals surface area (Å²) in [4.78, 5) is 26.9. The van der Waals surface area contributed by atoms with E-state index in [4.69, 9.17) is 128 Å². The standard InChI is InChI=1S/C3H4Cl2.C2H2Cl2O.C2H4Cl2.C2H4O2.CCl2O.CH2Cl2.7CH4.3ClH.Fe/c1-3(5)2-4;3-1-2(4)5;3-1-2-4;1-2-4-3-1;2-1(3)4;2-1-3;;;;;;;;;;;/h1-2H2;1H2;2*1-2H2;;1H2;7*1H4;3*1H;/q;;;;;;;;;;;;;;;;+3/p-3. The molecule has 1 saturated heterocycles. The summed E-state index contributed by atoms with van der Waals surface area (Å²) in [6, 6.07) is 0. The Hall–Kier alpha value is 3.29. The number of hydrogen-bond donors (Lipinski definition) is 0. The molecule has 0 bridgehead atoms. The Bertz CT molecular complexity index is 305. The Balaban J connectivity index is -0.0000000152. The van der Waals surface area contributed by atoms with Crippen LogP contribution in [0.15, 0.2) is 11.6 Å². The van der Waals surface area contributed by atoms with Gasteiger partial charge in [-0.05, 0) is 34.8 Å². The summed E-state index contributed by atoms with van der Waals surface area (Å²) in [6.45, 7) is 4.86. The Labute approximate surface area is 289 Å². The van der Waals surface area contributed by atoms with Gasteiger partial charge in [0.15, 0.2) is 0 Å². The molecule has 0 aromatic heterocycles. The molecule has 0 aliphatic carbocycles. The topological polar surface area (TPSA) is 52.6 Å². The van der Waals surface area contributed by atoms with Gasteiger partial charge in [0.1, 0.15) is 13.2 Å². The van der Waals surface area contributed by atoms with Crippen molar-refractivity contribution >= 4 is 156 Å². The zero-order valence-corrected chi connectivity index (χ0v) is 25.0. The van der Waals surface area contributed by atoms with Gasteiger partial charge in [-0.25, -0.2) is 9.78 Å². The van der Waals surface area contributed by atoms with Gasteiger partial charge in [0, 0.05) is 16.8 Å². The molecule has 0 saturated carbocycles. The number of alkyl halides is 6. The van der Waals surface area contributed by atoms with Crippen molar-refractivity contribution in [2.24, 2.45) is 0 Å². The summed E-state index contributed by atoms with van der Waals surface area (Å²) >= 11 is 46.9. The van der Waals surface area contributed by atoms with Gasteiger partial charge in [-0.3, -0.25) is 9.59 Å². The van der Waals surface area contributed by atoms with E-state index in [0.717, 1.165) is 13.2 Å². The van der Waals surface area contributed by atoms with Crippen LogP contribution in [0.5, 0.6) is 0 Å². The molecule has 0 amide bonds. The van der Waals surface area contributed by atoms with Crippen LogP contribution in [0.4, 0.5) is 4.79 Å². The molecule has 1 heterocycles. The van der Waals surface area contributed by atoms with Gasteiger partial charge >= 0.3 is 46.2 Å². The van der Waals surface area contributed by atoms with Crippen molar-refractivity contribution in [2.45, 2.75) is 52.0 Å². The van der Waals surface area contributed by atoms with Crippen molar-refractivity contribution in [3.63, 3.8) is 0 Å². The van der Waals surface area contributed by atoms with Crippen LogP contribution in [0.25, 0.3) is 0 Å². The van der Waals surface area contributed by atoms with E-state index in [1.54, 1.807) is 0 Å². The zero-order chi connectivity index (χ0) is 24.7. The molecule has 0 unspecified atom stereocenters. The third kappa shape index (κ3) is 325. The van der Waals surface area contributed by atoms with Crippen LogP contribution in [0, 0.1) is 0 Å².